The van der Waals surface area contributed by atoms with E-state index in [1.54, 1.807) is 0 Å². The second kappa shape index (κ2) is 9.09. The molecule has 1 aliphatic heterocycles. The maximum atomic E-state index is 6.02. The van der Waals surface area contributed by atoms with Crippen LogP contribution >= 0.6 is 0 Å². The van der Waals surface area contributed by atoms with Gasteiger partial charge in [0.15, 0.2) is 0 Å². The van der Waals surface area contributed by atoms with Crippen LogP contribution in [0.15, 0.2) is 0 Å². The minimum absolute atomic E-state index is 0.00769. The van der Waals surface area contributed by atoms with E-state index in [2.05, 4.69) is 33.0 Å². The van der Waals surface area contributed by atoms with Gasteiger partial charge in [-0.25, -0.2) is 0 Å². The Labute approximate surface area is 131 Å². The van der Waals surface area contributed by atoms with Gasteiger partial charge < -0.3 is 20.5 Å². The molecule has 0 aromatic carbocycles. The summed E-state index contributed by atoms with van der Waals surface area (Å²) in [7, 11) is 0. The van der Waals surface area contributed by atoms with E-state index >= 15 is 0 Å². The molecule has 0 radical (unpaired) electrons. The number of nitrogens with one attached hydrogen (secondary N) is 1. The van der Waals surface area contributed by atoms with Crippen LogP contribution in [0.1, 0.15) is 66.2 Å². The van der Waals surface area contributed by atoms with E-state index in [0.29, 0.717) is 6.10 Å². The zero-order valence-electron chi connectivity index (χ0n) is 14.5. The summed E-state index contributed by atoms with van der Waals surface area (Å²) in [6.07, 6.45) is 7.31. The zero-order valence-corrected chi connectivity index (χ0v) is 14.5. The van der Waals surface area contributed by atoms with E-state index in [1.165, 1.54) is 12.8 Å². The molecule has 21 heavy (non-hydrogen) atoms. The lowest BCUT2D eigenvalue weighted by molar-refractivity contribution is -0.0268. The van der Waals surface area contributed by atoms with Crippen LogP contribution in [0.5, 0.6) is 0 Å². The second-order valence-electron chi connectivity index (χ2n) is 7.53. The average Bonchev–Trinajstić information content (AvgIpc) is 3.20. The number of ether oxygens (including phenoxy) is 2. The summed E-state index contributed by atoms with van der Waals surface area (Å²) < 4.78 is 11.3. The van der Waals surface area contributed by atoms with Crippen LogP contribution in [-0.2, 0) is 9.47 Å². The minimum atomic E-state index is -0.00769. The van der Waals surface area contributed by atoms with Gasteiger partial charge in [0, 0.05) is 18.7 Å². The zero-order chi connectivity index (χ0) is 15.8. The van der Waals surface area contributed by atoms with Crippen molar-refractivity contribution in [3.8, 4) is 0 Å². The molecule has 0 saturated carbocycles. The van der Waals surface area contributed by atoms with Gasteiger partial charge in [-0.3, -0.25) is 0 Å². The number of rotatable bonds is 13. The van der Waals surface area contributed by atoms with Gasteiger partial charge in [-0.2, -0.15) is 0 Å². The molecular weight excluding hydrogens is 264 g/mol. The van der Waals surface area contributed by atoms with Crippen molar-refractivity contribution < 1.29 is 9.47 Å². The monoisotopic (exact) mass is 300 g/mol. The van der Waals surface area contributed by atoms with Gasteiger partial charge >= 0.3 is 0 Å². The standard InChI is InChI=1S/C17H36N2O2/c1-16(2,19-13-15-14-20-15)9-6-8-12-21-17(3,4)10-5-7-11-18/h15,19H,5-14,18H2,1-4H3. The molecule has 0 amide bonds. The van der Waals surface area contributed by atoms with Crippen LogP contribution in [0, 0.1) is 0 Å². The molecule has 4 nitrogen and oxygen atoms in total. The first kappa shape index (κ1) is 18.9. The van der Waals surface area contributed by atoms with Crippen molar-refractivity contribution in [1.82, 2.24) is 5.32 Å². The third-order valence-electron chi connectivity index (χ3n) is 4.13. The van der Waals surface area contributed by atoms with E-state index in [0.717, 1.165) is 52.0 Å². The van der Waals surface area contributed by atoms with Crippen molar-refractivity contribution in [1.29, 1.82) is 0 Å². The highest BCUT2D eigenvalue weighted by molar-refractivity contribution is 4.82. The molecule has 1 rings (SSSR count). The van der Waals surface area contributed by atoms with Gasteiger partial charge in [0.25, 0.3) is 0 Å². The minimum Gasteiger partial charge on any atom is -0.376 e. The van der Waals surface area contributed by atoms with Crippen molar-refractivity contribution in [2.24, 2.45) is 5.73 Å². The van der Waals surface area contributed by atoms with E-state index in [4.69, 9.17) is 15.2 Å². The molecule has 0 spiro atoms. The molecular formula is C17H36N2O2. The largest absolute Gasteiger partial charge is 0.376 e. The van der Waals surface area contributed by atoms with Crippen molar-refractivity contribution in [3.05, 3.63) is 0 Å². The quantitative estimate of drug-likeness (QED) is 0.405. The van der Waals surface area contributed by atoms with Gasteiger partial charge in [-0.1, -0.05) is 0 Å². The van der Waals surface area contributed by atoms with Gasteiger partial charge in [-0.05, 0) is 72.8 Å². The number of nitrogens with two attached hydrogens (primary N) is 1. The van der Waals surface area contributed by atoms with Crippen LogP contribution in [0.4, 0.5) is 0 Å². The van der Waals surface area contributed by atoms with Crippen LogP contribution in [0.25, 0.3) is 0 Å². The molecule has 1 atom stereocenters. The highest BCUT2D eigenvalue weighted by Crippen LogP contribution is 2.20. The third-order valence-corrected chi connectivity index (χ3v) is 4.13. The molecule has 1 unspecified atom stereocenters. The van der Waals surface area contributed by atoms with Gasteiger partial charge in [0.05, 0.1) is 18.3 Å². The normalized spacial score (nSPS) is 19.0. The molecule has 3 N–H and O–H groups in total. The Kier molecular flexibility index (Phi) is 8.17. The van der Waals surface area contributed by atoms with Crippen molar-refractivity contribution >= 4 is 0 Å². The number of hydrogen-bond donors (Lipinski definition) is 2. The lowest BCUT2D eigenvalue weighted by Crippen LogP contribution is -2.41. The van der Waals surface area contributed by atoms with Crippen molar-refractivity contribution in [3.63, 3.8) is 0 Å². The first-order valence-electron chi connectivity index (χ1n) is 8.55. The van der Waals surface area contributed by atoms with Gasteiger partial charge in [0.1, 0.15) is 0 Å². The van der Waals surface area contributed by atoms with Gasteiger partial charge in [-0.15, -0.1) is 0 Å². The summed E-state index contributed by atoms with van der Waals surface area (Å²) in [6, 6.07) is 0. The summed E-state index contributed by atoms with van der Waals surface area (Å²) in [5.41, 5.74) is 5.72. The summed E-state index contributed by atoms with van der Waals surface area (Å²) in [5, 5.41) is 3.58. The fourth-order valence-corrected chi connectivity index (χ4v) is 2.45. The van der Waals surface area contributed by atoms with E-state index in [1.807, 2.05) is 0 Å². The molecule has 1 saturated heterocycles. The Morgan fingerprint density at radius 2 is 1.76 bits per heavy atom. The first-order valence-corrected chi connectivity index (χ1v) is 8.55. The molecule has 0 aromatic heterocycles. The highest BCUT2D eigenvalue weighted by atomic mass is 16.6. The summed E-state index contributed by atoms with van der Waals surface area (Å²) in [6.45, 7) is 12.5. The summed E-state index contributed by atoms with van der Waals surface area (Å²) in [5.74, 6) is 0. The number of hydrogen-bond acceptors (Lipinski definition) is 4. The lowest BCUT2D eigenvalue weighted by Gasteiger charge is -2.27. The first-order chi connectivity index (χ1) is 9.85. The Hall–Kier alpha value is -0.160. The smallest absolute Gasteiger partial charge is 0.0934 e. The summed E-state index contributed by atoms with van der Waals surface area (Å²) >= 11 is 0. The SMILES string of the molecule is CC(C)(CCCCOC(C)(C)CCCCN)NCC1CO1. The molecule has 0 aromatic rings. The maximum Gasteiger partial charge on any atom is 0.0934 e. The predicted octanol–water partition coefficient (Wildman–Crippen LogP) is 2.85. The molecule has 126 valence electrons. The lowest BCUT2D eigenvalue weighted by atomic mass is 9.97. The van der Waals surface area contributed by atoms with Gasteiger partial charge in [0.2, 0.25) is 0 Å². The van der Waals surface area contributed by atoms with E-state index < -0.39 is 0 Å². The second-order valence-corrected chi connectivity index (χ2v) is 7.53. The van der Waals surface area contributed by atoms with E-state index in [9.17, 15) is 0 Å². The number of unbranched alkanes of at least 4 members (excludes halogenated alkanes) is 2. The molecule has 4 heteroatoms. The van der Waals surface area contributed by atoms with Crippen LogP contribution in [0.3, 0.4) is 0 Å². The van der Waals surface area contributed by atoms with Crippen LogP contribution in [-0.4, -0.2) is 43.5 Å². The predicted molar refractivity (Wildman–Crippen MR) is 88.6 cm³/mol. The molecule has 1 aliphatic rings. The fourth-order valence-electron chi connectivity index (χ4n) is 2.45. The van der Waals surface area contributed by atoms with E-state index in [-0.39, 0.29) is 11.1 Å². The molecule has 1 heterocycles. The van der Waals surface area contributed by atoms with Crippen molar-refractivity contribution in [2.75, 3.05) is 26.3 Å². The Balaban J connectivity index is 2.01. The van der Waals surface area contributed by atoms with Crippen LogP contribution in [0.2, 0.25) is 0 Å². The maximum absolute atomic E-state index is 6.02. The Morgan fingerprint density at radius 3 is 2.38 bits per heavy atom. The Bertz CT molecular complexity index is 276. The molecule has 1 fully saturated rings. The topological polar surface area (TPSA) is 59.8 Å². The highest BCUT2D eigenvalue weighted by Gasteiger charge is 2.25. The molecule has 0 aliphatic carbocycles. The molecule has 0 bridgehead atoms. The van der Waals surface area contributed by atoms with Crippen LogP contribution < -0.4 is 11.1 Å². The average molecular weight is 300 g/mol. The summed E-state index contributed by atoms with van der Waals surface area (Å²) in [4.78, 5) is 0. The fraction of sp³-hybridized carbons (Fsp3) is 1.00. The third kappa shape index (κ3) is 10.2. The Morgan fingerprint density at radius 1 is 1.10 bits per heavy atom. The van der Waals surface area contributed by atoms with Crippen molar-refractivity contribution in [2.45, 2.75) is 83.5 Å². The number of epoxide rings is 1.